The standard InChI is InChI=1S/C17H12BrClF2N4O2/c18-10-5-9-8-24(3-4-27-15(9)11(19)6-10)17(26)14-13(16(20)21)23-12-7-22-1-2-25(12)14/h1-2,5-7,16H,3-4,8H2. The summed E-state index contributed by atoms with van der Waals surface area (Å²) in [7, 11) is 0. The van der Waals surface area contributed by atoms with E-state index in [2.05, 4.69) is 25.9 Å². The van der Waals surface area contributed by atoms with E-state index in [0.717, 1.165) is 4.47 Å². The molecule has 6 nitrogen and oxygen atoms in total. The minimum absolute atomic E-state index is 0.174. The number of carbonyl (C=O) groups excluding carboxylic acids is 1. The van der Waals surface area contributed by atoms with Crippen molar-refractivity contribution in [3.63, 3.8) is 0 Å². The van der Waals surface area contributed by atoms with Crippen molar-refractivity contribution in [3.8, 4) is 5.75 Å². The highest BCUT2D eigenvalue weighted by atomic mass is 79.9. The van der Waals surface area contributed by atoms with Crippen molar-refractivity contribution < 1.29 is 18.3 Å². The lowest BCUT2D eigenvalue weighted by Gasteiger charge is -2.20. The van der Waals surface area contributed by atoms with Gasteiger partial charge in [0.25, 0.3) is 12.3 Å². The van der Waals surface area contributed by atoms with Crippen LogP contribution in [0.2, 0.25) is 5.02 Å². The Labute approximate surface area is 165 Å². The Morgan fingerprint density at radius 1 is 1.37 bits per heavy atom. The number of imidazole rings is 1. The van der Waals surface area contributed by atoms with E-state index >= 15 is 0 Å². The fraction of sp³-hybridized carbons (Fsp3) is 0.235. The molecule has 1 amide bonds. The third-order valence-corrected chi connectivity index (χ3v) is 4.95. The van der Waals surface area contributed by atoms with Gasteiger partial charge in [-0.15, -0.1) is 0 Å². The number of aromatic nitrogens is 3. The average Bonchev–Trinajstić information content (AvgIpc) is 2.88. The molecule has 0 bridgehead atoms. The summed E-state index contributed by atoms with van der Waals surface area (Å²) >= 11 is 9.58. The molecule has 0 N–H and O–H groups in total. The van der Waals surface area contributed by atoms with E-state index in [1.54, 1.807) is 12.1 Å². The summed E-state index contributed by atoms with van der Waals surface area (Å²) in [6, 6.07) is 3.49. The van der Waals surface area contributed by atoms with E-state index in [0.29, 0.717) is 16.3 Å². The fourth-order valence-corrected chi connectivity index (χ4v) is 3.98. The predicted molar refractivity (Wildman–Crippen MR) is 97.3 cm³/mol. The van der Waals surface area contributed by atoms with Gasteiger partial charge in [0.15, 0.2) is 5.65 Å². The summed E-state index contributed by atoms with van der Waals surface area (Å²) in [4.78, 5) is 22.3. The number of alkyl halides is 2. The van der Waals surface area contributed by atoms with Crippen LogP contribution in [0, 0.1) is 0 Å². The summed E-state index contributed by atoms with van der Waals surface area (Å²) in [5.41, 5.74) is 0.139. The zero-order valence-electron chi connectivity index (χ0n) is 13.7. The number of carbonyl (C=O) groups is 1. The number of amides is 1. The number of benzene rings is 1. The molecule has 27 heavy (non-hydrogen) atoms. The first kappa shape index (κ1) is 18.1. The van der Waals surface area contributed by atoms with Crippen LogP contribution in [0.1, 0.15) is 28.2 Å². The molecule has 0 saturated heterocycles. The quantitative estimate of drug-likeness (QED) is 0.581. The summed E-state index contributed by atoms with van der Waals surface area (Å²) in [5.74, 6) is -0.0665. The van der Waals surface area contributed by atoms with Crippen molar-refractivity contribution in [2.45, 2.75) is 13.0 Å². The molecule has 1 aliphatic heterocycles. The molecule has 0 spiro atoms. The van der Waals surface area contributed by atoms with Crippen LogP contribution in [-0.2, 0) is 6.54 Å². The van der Waals surface area contributed by atoms with Gasteiger partial charge < -0.3 is 9.64 Å². The minimum Gasteiger partial charge on any atom is -0.490 e. The van der Waals surface area contributed by atoms with Crippen molar-refractivity contribution in [2.24, 2.45) is 0 Å². The topological polar surface area (TPSA) is 59.7 Å². The van der Waals surface area contributed by atoms with Gasteiger partial charge in [-0.05, 0) is 12.1 Å². The van der Waals surface area contributed by atoms with Crippen molar-refractivity contribution in [2.75, 3.05) is 13.2 Å². The van der Waals surface area contributed by atoms with Gasteiger partial charge in [-0.25, -0.2) is 13.8 Å². The number of halogens is 4. The van der Waals surface area contributed by atoms with Crippen LogP contribution in [-0.4, -0.2) is 38.3 Å². The third kappa shape index (κ3) is 3.25. The van der Waals surface area contributed by atoms with Crippen molar-refractivity contribution in [1.82, 2.24) is 19.3 Å². The number of fused-ring (bicyclic) bond motifs is 2. The molecular formula is C17H12BrClF2N4O2. The number of ether oxygens (including phenoxy) is 1. The molecule has 1 aliphatic rings. The summed E-state index contributed by atoms with van der Waals surface area (Å²) in [5, 5.41) is 0.419. The van der Waals surface area contributed by atoms with Gasteiger partial charge in [-0.1, -0.05) is 27.5 Å². The molecule has 3 heterocycles. The van der Waals surface area contributed by atoms with Crippen LogP contribution < -0.4 is 4.74 Å². The van der Waals surface area contributed by atoms with E-state index in [9.17, 15) is 13.6 Å². The Morgan fingerprint density at radius 3 is 2.96 bits per heavy atom. The van der Waals surface area contributed by atoms with Crippen LogP contribution >= 0.6 is 27.5 Å². The van der Waals surface area contributed by atoms with Gasteiger partial charge in [0.1, 0.15) is 23.7 Å². The number of hydrogen-bond donors (Lipinski definition) is 0. The normalized spacial score (nSPS) is 14.2. The molecule has 2 aromatic heterocycles. The molecule has 4 rings (SSSR count). The first-order chi connectivity index (χ1) is 13.0. The molecular weight excluding hydrogens is 446 g/mol. The molecule has 3 aromatic rings. The highest BCUT2D eigenvalue weighted by Crippen LogP contribution is 2.35. The van der Waals surface area contributed by atoms with E-state index in [1.807, 2.05) is 0 Å². The van der Waals surface area contributed by atoms with Crippen LogP contribution in [0.15, 0.2) is 35.2 Å². The second-order valence-electron chi connectivity index (χ2n) is 5.90. The van der Waals surface area contributed by atoms with Crippen LogP contribution in [0.4, 0.5) is 8.78 Å². The van der Waals surface area contributed by atoms with Crippen molar-refractivity contribution in [1.29, 1.82) is 0 Å². The first-order valence-electron chi connectivity index (χ1n) is 7.96. The molecule has 0 atom stereocenters. The van der Waals surface area contributed by atoms with E-state index in [4.69, 9.17) is 16.3 Å². The molecule has 1 aromatic carbocycles. The van der Waals surface area contributed by atoms with E-state index in [1.165, 1.54) is 27.9 Å². The third-order valence-electron chi connectivity index (χ3n) is 4.21. The van der Waals surface area contributed by atoms with Gasteiger partial charge in [0.2, 0.25) is 0 Å². The van der Waals surface area contributed by atoms with Crippen molar-refractivity contribution >= 4 is 39.1 Å². The van der Waals surface area contributed by atoms with Gasteiger partial charge in [0, 0.05) is 29.0 Å². The molecule has 0 radical (unpaired) electrons. The van der Waals surface area contributed by atoms with Gasteiger partial charge in [-0.2, -0.15) is 0 Å². The molecule has 10 heteroatoms. The average molecular weight is 458 g/mol. The Bertz CT molecular complexity index is 1040. The van der Waals surface area contributed by atoms with Crippen molar-refractivity contribution in [3.05, 3.63) is 57.2 Å². The highest BCUT2D eigenvalue weighted by Gasteiger charge is 2.30. The largest absolute Gasteiger partial charge is 0.490 e. The zero-order valence-corrected chi connectivity index (χ0v) is 16.0. The second kappa shape index (κ2) is 7.05. The van der Waals surface area contributed by atoms with Gasteiger partial charge in [0.05, 0.1) is 17.8 Å². The maximum atomic E-state index is 13.5. The number of rotatable bonds is 2. The molecule has 0 unspecified atom stereocenters. The minimum atomic E-state index is -2.89. The molecule has 0 fully saturated rings. The highest BCUT2D eigenvalue weighted by molar-refractivity contribution is 9.10. The Hall–Kier alpha value is -2.26. The molecule has 140 valence electrons. The van der Waals surface area contributed by atoms with Crippen LogP contribution in [0.25, 0.3) is 5.65 Å². The Morgan fingerprint density at radius 2 is 2.19 bits per heavy atom. The lowest BCUT2D eigenvalue weighted by atomic mass is 10.2. The SMILES string of the molecule is O=C(c1c(C(F)F)nc2cnccn12)N1CCOc2c(Cl)cc(Br)cc2C1. The zero-order chi connectivity index (χ0) is 19.1. The lowest BCUT2D eigenvalue weighted by Crippen LogP contribution is -2.34. The number of hydrogen-bond acceptors (Lipinski definition) is 4. The summed E-state index contributed by atoms with van der Waals surface area (Å²) in [6.07, 6.45) is 1.30. The smallest absolute Gasteiger partial charge is 0.282 e. The Balaban J connectivity index is 1.77. The van der Waals surface area contributed by atoms with E-state index in [-0.39, 0.29) is 31.0 Å². The predicted octanol–water partition coefficient (Wildman–Crippen LogP) is 4.12. The lowest BCUT2D eigenvalue weighted by molar-refractivity contribution is 0.0713. The second-order valence-corrected chi connectivity index (χ2v) is 7.22. The Kier molecular flexibility index (Phi) is 4.73. The van der Waals surface area contributed by atoms with Gasteiger partial charge >= 0.3 is 0 Å². The fourth-order valence-electron chi connectivity index (χ4n) is 3.05. The monoisotopic (exact) mass is 456 g/mol. The molecule has 0 saturated carbocycles. The maximum absolute atomic E-state index is 13.5. The summed E-state index contributed by atoms with van der Waals surface area (Å²) < 4.78 is 34.7. The van der Waals surface area contributed by atoms with Crippen LogP contribution in [0.3, 0.4) is 0 Å². The number of nitrogens with zero attached hydrogens (tertiary/aromatic N) is 4. The van der Waals surface area contributed by atoms with Crippen LogP contribution in [0.5, 0.6) is 5.75 Å². The van der Waals surface area contributed by atoms with Gasteiger partial charge in [-0.3, -0.25) is 14.2 Å². The van der Waals surface area contributed by atoms with E-state index < -0.39 is 18.0 Å². The first-order valence-corrected chi connectivity index (χ1v) is 9.13. The molecule has 0 aliphatic carbocycles. The summed E-state index contributed by atoms with van der Waals surface area (Å²) in [6.45, 7) is 0.596. The maximum Gasteiger partial charge on any atom is 0.282 e.